The molecule has 4 rings (SSSR count). The molecule has 146 valence electrons. The van der Waals surface area contributed by atoms with Crippen molar-refractivity contribution in [1.29, 1.82) is 0 Å². The van der Waals surface area contributed by atoms with Crippen LogP contribution in [0.3, 0.4) is 0 Å². The third-order valence-corrected chi connectivity index (χ3v) is 5.46. The summed E-state index contributed by atoms with van der Waals surface area (Å²) in [6.07, 6.45) is 0.972. The first-order chi connectivity index (χ1) is 13.5. The van der Waals surface area contributed by atoms with E-state index in [1.54, 1.807) is 19.1 Å². The highest BCUT2D eigenvalue weighted by molar-refractivity contribution is 5.94. The van der Waals surface area contributed by atoms with Gasteiger partial charge in [0.05, 0.1) is 11.5 Å². The van der Waals surface area contributed by atoms with E-state index in [4.69, 9.17) is 4.74 Å². The van der Waals surface area contributed by atoms with Crippen molar-refractivity contribution < 1.29 is 14.5 Å². The highest BCUT2D eigenvalue weighted by atomic mass is 16.6. The lowest BCUT2D eigenvalue weighted by molar-refractivity contribution is -0.385. The number of rotatable bonds is 4. The topological polar surface area (TPSA) is 75.9 Å². The molecule has 0 bridgehead atoms. The average molecular weight is 381 g/mol. The van der Waals surface area contributed by atoms with Gasteiger partial charge in [0.2, 0.25) is 0 Å². The van der Waals surface area contributed by atoms with Crippen LogP contribution >= 0.6 is 0 Å². The van der Waals surface area contributed by atoms with Crippen molar-refractivity contribution in [3.63, 3.8) is 0 Å². The van der Waals surface area contributed by atoms with Crippen LogP contribution in [0.25, 0.3) is 0 Å². The Morgan fingerprint density at radius 2 is 1.93 bits per heavy atom. The summed E-state index contributed by atoms with van der Waals surface area (Å²) in [4.78, 5) is 27.5. The number of carbonyl (C=O) groups excluding carboxylic acids is 1. The van der Waals surface area contributed by atoms with E-state index in [2.05, 4.69) is 17.0 Å². The summed E-state index contributed by atoms with van der Waals surface area (Å²) in [5.74, 6) is 0.935. The first-order valence-corrected chi connectivity index (χ1v) is 9.52. The summed E-state index contributed by atoms with van der Waals surface area (Å²) in [6.45, 7) is 6.23. The van der Waals surface area contributed by atoms with Gasteiger partial charge in [-0.25, -0.2) is 0 Å². The van der Waals surface area contributed by atoms with Crippen LogP contribution in [0.15, 0.2) is 36.4 Å². The zero-order chi connectivity index (χ0) is 19.7. The van der Waals surface area contributed by atoms with Crippen LogP contribution in [0, 0.1) is 17.0 Å². The number of hydrogen-bond acceptors (Lipinski definition) is 5. The molecule has 0 aromatic heterocycles. The third-order valence-electron chi connectivity index (χ3n) is 5.46. The molecule has 2 heterocycles. The first kappa shape index (κ1) is 18.4. The molecule has 1 amide bonds. The Bertz CT molecular complexity index is 920. The predicted molar refractivity (Wildman–Crippen MR) is 105 cm³/mol. The van der Waals surface area contributed by atoms with Crippen LogP contribution in [0.4, 0.5) is 5.69 Å². The fourth-order valence-electron chi connectivity index (χ4n) is 3.88. The van der Waals surface area contributed by atoms with Crippen molar-refractivity contribution in [2.45, 2.75) is 19.9 Å². The molecule has 2 aromatic carbocycles. The molecule has 28 heavy (non-hydrogen) atoms. The second-order valence-electron chi connectivity index (χ2n) is 7.37. The number of benzene rings is 2. The van der Waals surface area contributed by atoms with E-state index in [-0.39, 0.29) is 11.6 Å². The highest BCUT2D eigenvalue weighted by Crippen LogP contribution is 2.26. The molecule has 0 atom stereocenters. The second-order valence-corrected chi connectivity index (χ2v) is 7.37. The molecule has 2 aliphatic heterocycles. The Morgan fingerprint density at radius 3 is 2.64 bits per heavy atom. The highest BCUT2D eigenvalue weighted by Gasteiger charge is 2.24. The van der Waals surface area contributed by atoms with Crippen LogP contribution < -0.4 is 4.74 Å². The van der Waals surface area contributed by atoms with Crippen LogP contribution in [-0.4, -0.2) is 53.4 Å². The maximum Gasteiger partial charge on any atom is 0.272 e. The fourth-order valence-corrected chi connectivity index (χ4v) is 3.88. The van der Waals surface area contributed by atoms with Gasteiger partial charge in [0.15, 0.2) is 0 Å². The van der Waals surface area contributed by atoms with Crippen molar-refractivity contribution in [3.8, 4) is 5.75 Å². The third kappa shape index (κ3) is 3.71. The number of amides is 1. The minimum Gasteiger partial charge on any atom is -0.493 e. The van der Waals surface area contributed by atoms with Crippen LogP contribution in [0.2, 0.25) is 0 Å². The standard InChI is InChI=1S/C21H23N3O4/c1-15-12-18(3-4-19(15)24(26)27)21(25)23-9-7-22(8-10-23)14-16-2-5-20-17(13-16)6-11-28-20/h2-5,12-13H,6-11,14H2,1H3. The molecule has 0 unspecified atom stereocenters. The van der Waals surface area contributed by atoms with Gasteiger partial charge in [0.1, 0.15) is 5.75 Å². The number of ether oxygens (including phenoxy) is 1. The van der Waals surface area contributed by atoms with Crippen LogP contribution in [0.1, 0.15) is 27.0 Å². The zero-order valence-electron chi connectivity index (χ0n) is 15.9. The van der Waals surface area contributed by atoms with Gasteiger partial charge in [-0.2, -0.15) is 0 Å². The Hall–Kier alpha value is -2.93. The van der Waals surface area contributed by atoms with E-state index in [0.717, 1.165) is 38.4 Å². The van der Waals surface area contributed by atoms with Crippen molar-refractivity contribution in [2.24, 2.45) is 0 Å². The number of nitro groups is 1. The van der Waals surface area contributed by atoms with E-state index in [0.29, 0.717) is 24.2 Å². The zero-order valence-corrected chi connectivity index (χ0v) is 15.9. The number of piperazine rings is 1. The van der Waals surface area contributed by atoms with Gasteiger partial charge in [0.25, 0.3) is 11.6 Å². The number of nitro benzene ring substituents is 1. The number of fused-ring (bicyclic) bond motifs is 1. The number of carbonyl (C=O) groups is 1. The maximum atomic E-state index is 12.7. The molecule has 0 radical (unpaired) electrons. The molecule has 1 fully saturated rings. The van der Waals surface area contributed by atoms with Crippen molar-refractivity contribution in [2.75, 3.05) is 32.8 Å². The maximum absolute atomic E-state index is 12.7. The molecule has 2 aromatic rings. The summed E-state index contributed by atoms with van der Waals surface area (Å²) in [5, 5.41) is 11.0. The summed E-state index contributed by atoms with van der Waals surface area (Å²) >= 11 is 0. The number of aryl methyl sites for hydroxylation is 1. The normalized spacial score (nSPS) is 16.5. The van der Waals surface area contributed by atoms with E-state index < -0.39 is 4.92 Å². The van der Waals surface area contributed by atoms with E-state index in [1.807, 2.05) is 11.0 Å². The van der Waals surface area contributed by atoms with E-state index in [9.17, 15) is 14.9 Å². The van der Waals surface area contributed by atoms with E-state index >= 15 is 0 Å². The van der Waals surface area contributed by atoms with Gasteiger partial charge < -0.3 is 9.64 Å². The molecule has 0 saturated carbocycles. The minimum absolute atomic E-state index is 0.0427. The monoisotopic (exact) mass is 381 g/mol. The van der Waals surface area contributed by atoms with Crippen molar-refractivity contribution in [3.05, 3.63) is 68.8 Å². The molecular weight excluding hydrogens is 358 g/mol. The summed E-state index contributed by atoms with van der Waals surface area (Å²) < 4.78 is 5.56. The van der Waals surface area contributed by atoms with Gasteiger partial charge in [-0.3, -0.25) is 19.8 Å². The minimum atomic E-state index is -0.423. The molecular formula is C21H23N3O4. The summed E-state index contributed by atoms with van der Waals surface area (Å²) in [7, 11) is 0. The number of nitrogens with zero attached hydrogens (tertiary/aromatic N) is 3. The Labute approximate surface area is 163 Å². The lowest BCUT2D eigenvalue weighted by Gasteiger charge is -2.35. The van der Waals surface area contributed by atoms with Gasteiger partial charge in [0, 0.05) is 56.3 Å². The fraction of sp³-hybridized carbons (Fsp3) is 0.381. The first-order valence-electron chi connectivity index (χ1n) is 9.52. The largest absolute Gasteiger partial charge is 0.493 e. The Morgan fingerprint density at radius 1 is 1.14 bits per heavy atom. The van der Waals surface area contributed by atoms with Gasteiger partial charge in [-0.1, -0.05) is 12.1 Å². The Balaban J connectivity index is 1.35. The van der Waals surface area contributed by atoms with Crippen molar-refractivity contribution in [1.82, 2.24) is 9.80 Å². The van der Waals surface area contributed by atoms with Crippen molar-refractivity contribution >= 4 is 11.6 Å². The Kier molecular flexibility index (Phi) is 5.00. The molecule has 2 aliphatic rings. The molecule has 0 aliphatic carbocycles. The predicted octanol–water partition coefficient (Wildman–Crippen LogP) is 2.80. The molecule has 0 spiro atoms. The van der Waals surface area contributed by atoms with Gasteiger partial charge in [-0.05, 0) is 36.2 Å². The molecule has 1 saturated heterocycles. The van der Waals surface area contributed by atoms with E-state index in [1.165, 1.54) is 17.2 Å². The lowest BCUT2D eigenvalue weighted by atomic mass is 10.1. The summed E-state index contributed by atoms with van der Waals surface area (Å²) in [5.41, 5.74) is 3.61. The smallest absolute Gasteiger partial charge is 0.272 e. The van der Waals surface area contributed by atoms with Crippen LogP contribution in [-0.2, 0) is 13.0 Å². The molecule has 0 N–H and O–H groups in total. The second kappa shape index (κ2) is 7.59. The molecule has 7 heteroatoms. The van der Waals surface area contributed by atoms with Gasteiger partial charge >= 0.3 is 0 Å². The quantitative estimate of drug-likeness (QED) is 0.601. The SMILES string of the molecule is Cc1cc(C(=O)N2CCN(Cc3ccc4c(c3)CCO4)CC2)ccc1[N+](=O)[O-]. The summed E-state index contributed by atoms with van der Waals surface area (Å²) in [6, 6.07) is 11.0. The molecule has 7 nitrogen and oxygen atoms in total. The van der Waals surface area contributed by atoms with Gasteiger partial charge in [-0.15, -0.1) is 0 Å². The number of hydrogen-bond donors (Lipinski definition) is 0. The average Bonchev–Trinajstić information content (AvgIpc) is 3.15. The lowest BCUT2D eigenvalue weighted by Crippen LogP contribution is -2.48. The van der Waals surface area contributed by atoms with Crippen LogP contribution in [0.5, 0.6) is 5.75 Å².